The maximum Gasteiger partial charge on any atom is 0.265 e. The van der Waals surface area contributed by atoms with E-state index in [0.717, 1.165) is 5.56 Å². The van der Waals surface area contributed by atoms with E-state index in [4.69, 9.17) is 26.3 Å². The molecule has 8 nitrogen and oxygen atoms in total. The van der Waals surface area contributed by atoms with Crippen LogP contribution in [0.2, 0.25) is 5.02 Å². The number of rotatable bonds is 9. The average molecular weight is 486 g/mol. The molecule has 3 rings (SSSR count). The number of carbonyl (C=O) groups excluding carboxylic acids is 1. The Bertz CT molecular complexity index is 1270. The fourth-order valence-electron chi connectivity index (χ4n) is 2.83. The third kappa shape index (κ3) is 6.62. The molecule has 3 aromatic rings. The molecule has 170 valence electrons. The maximum absolute atomic E-state index is 12.9. The highest BCUT2D eigenvalue weighted by Crippen LogP contribution is 2.29. The number of nitrogens with zero attached hydrogens (tertiary/aromatic N) is 1. The third-order valence-corrected chi connectivity index (χ3v) is 6.06. The number of amides is 1. The van der Waals surface area contributed by atoms with Crippen molar-refractivity contribution in [1.29, 1.82) is 5.26 Å². The Morgan fingerprint density at radius 2 is 1.70 bits per heavy atom. The summed E-state index contributed by atoms with van der Waals surface area (Å²) in [4.78, 5) is 12.2. The Morgan fingerprint density at radius 1 is 1.03 bits per heavy atom. The fraction of sp³-hybridized carbons (Fsp3) is 0.130. The van der Waals surface area contributed by atoms with E-state index in [9.17, 15) is 13.2 Å². The highest BCUT2D eigenvalue weighted by Gasteiger charge is 2.21. The van der Waals surface area contributed by atoms with Crippen LogP contribution in [0.3, 0.4) is 0 Å². The summed E-state index contributed by atoms with van der Waals surface area (Å²) < 4.78 is 38.9. The molecule has 0 saturated heterocycles. The number of nitriles is 1. The monoisotopic (exact) mass is 485 g/mol. The number of methoxy groups -OCH3 is 1. The van der Waals surface area contributed by atoms with Crippen molar-refractivity contribution in [2.24, 2.45) is 0 Å². The highest BCUT2D eigenvalue weighted by molar-refractivity contribution is 7.92. The van der Waals surface area contributed by atoms with Crippen LogP contribution >= 0.6 is 11.6 Å². The number of hydrogen-bond acceptors (Lipinski definition) is 6. The zero-order valence-corrected chi connectivity index (χ0v) is 19.1. The van der Waals surface area contributed by atoms with Gasteiger partial charge in [0.15, 0.2) is 6.61 Å². The molecule has 0 heterocycles. The van der Waals surface area contributed by atoms with Gasteiger partial charge in [0.05, 0.1) is 19.6 Å². The molecule has 0 aliphatic heterocycles. The zero-order chi connectivity index (χ0) is 23.8. The van der Waals surface area contributed by atoms with E-state index in [-0.39, 0.29) is 29.4 Å². The van der Waals surface area contributed by atoms with Crippen molar-refractivity contribution in [2.45, 2.75) is 11.3 Å². The normalized spacial score (nSPS) is 10.7. The minimum atomic E-state index is -4.01. The van der Waals surface area contributed by atoms with E-state index in [1.165, 1.54) is 37.4 Å². The summed E-state index contributed by atoms with van der Waals surface area (Å²) in [5, 5.41) is 11.8. The lowest BCUT2D eigenvalue weighted by molar-refractivity contribution is -0.118. The van der Waals surface area contributed by atoms with Gasteiger partial charge in [-0.2, -0.15) is 5.26 Å². The molecule has 3 aromatic carbocycles. The Balaban J connectivity index is 1.69. The van der Waals surface area contributed by atoms with Crippen LogP contribution in [0, 0.1) is 11.3 Å². The minimum Gasteiger partial charge on any atom is -0.495 e. The first-order valence-corrected chi connectivity index (χ1v) is 11.5. The van der Waals surface area contributed by atoms with Gasteiger partial charge < -0.3 is 14.8 Å². The molecule has 0 atom stereocenters. The lowest BCUT2D eigenvalue weighted by atomic mass is 10.2. The van der Waals surface area contributed by atoms with Gasteiger partial charge in [0.2, 0.25) is 0 Å². The molecule has 0 aliphatic carbocycles. The van der Waals surface area contributed by atoms with Crippen LogP contribution in [0.25, 0.3) is 0 Å². The third-order valence-electron chi connectivity index (χ3n) is 4.41. The number of anilines is 2. The first kappa shape index (κ1) is 23.9. The summed E-state index contributed by atoms with van der Waals surface area (Å²) in [6, 6.07) is 19.3. The molecule has 0 unspecified atom stereocenters. The van der Waals surface area contributed by atoms with Crippen LogP contribution in [0.4, 0.5) is 11.4 Å². The van der Waals surface area contributed by atoms with Crippen LogP contribution in [0.15, 0.2) is 71.6 Å². The Kier molecular flexibility index (Phi) is 7.77. The zero-order valence-electron chi connectivity index (χ0n) is 17.5. The van der Waals surface area contributed by atoms with Crippen molar-refractivity contribution in [3.63, 3.8) is 0 Å². The van der Waals surface area contributed by atoms with E-state index in [0.29, 0.717) is 16.5 Å². The molecule has 0 bridgehead atoms. The van der Waals surface area contributed by atoms with Crippen LogP contribution in [0.5, 0.6) is 11.5 Å². The van der Waals surface area contributed by atoms with Crippen molar-refractivity contribution in [1.82, 2.24) is 0 Å². The largest absolute Gasteiger partial charge is 0.495 e. The molecular weight excluding hydrogens is 466 g/mol. The molecule has 0 fully saturated rings. The summed E-state index contributed by atoms with van der Waals surface area (Å²) in [5.41, 5.74) is 1.42. The quantitative estimate of drug-likeness (QED) is 0.468. The van der Waals surface area contributed by atoms with E-state index >= 15 is 0 Å². The van der Waals surface area contributed by atoms with Gasteiger partial charge in [-0.1, -0.05) is 23.7 Å². The number of sulfonamides is 1. The number of nitrogens with one attached hydrogen (secondary N) is 2. The summed E-state index contributed by atoms with van der Waals surface area (Å²) in [6.45, 7) is -0.283. The van der Waals surface area contributed by atoms with Crippen molar-refractivity contribution in [3.8, 4) is 17.6 Å². The average Bonchev–Trinajstić information content (AvgIpc) is 2.80. The molecule has 0 radical (unpaired) electrons. The van der Waals surface area contributed by atoms with Crippen molar-refractivity contribution >= 4 is 38.9 Å². The van der Waals surface area contributed by atoms with Gasteiger partial charge in [-0.05, 0) is 60.2 Å². The van der Waals surface area contributed by atoms with Gasteiger partial charge in [0.1, 0.15) is 16.4 Å². The summed E-state index contributed by atoms with van der Waals surface area (Å²) in [5.74, 6) is 0.107. The molecule has 0 saturated carbocycles. The number of ether oxygens (including phenoxy) is 2. The SMILES string of the molecule is COc1ccc(NC(=O)COc2ccc(CC#N)cc2)cc1S(=O)(=O)Nc1ccc(Cl)cc1. The second-order valence-electron chi connectivity index (χ2n) is 6.79. The Hall–Kier alpha value is -3.74. The predicted molar refractivity (Wildman–Crippen MR) is 125 cm³/mol. The number of carbonyl (C=O) groups is 1. The fourth-order valence-corrected chi connectivity index (χ4v) is 4.21. The van der Waals surface area contributed by atoms with Crippen LogP contribution in [0.1, 0.15) is 5.56 Å². The van der Waals surface area contributed by atoms with E-state index < -0.39 is 15.9 Å². The standard InChI is InChI=1S/C23H20ClN3O5S/c1-31-21-11-8-19(14-22(21)33(29,30)27-18-6-4-17(24)5-7-18)26-23(28)15-32-20-9-2-16(3-10-20)12-13-25/h2-11,14,27H,12,15H2,1H3,(H,26,28). The van der Waals surface area contributed by atoms with E-state index in [1.807, 2.05) is 0 Å². The van der Waals surface area contributed by atoms with Crippen molar-refractivity contribution in [2.75, 3.05) is 23.8 Å². The van der Waals surface area contributed by atoms with E-state index in [2.05, 4.69) is 16.1 Å². The van der Waals surface area contributed by atoms with E-state index in [1.54, 1.807) is 36.4 Å². The Morgan fingerprint density at radius 3 is 2.33 bits per heavy atom. The summed E-state index contributed by atoms with van der Waals surface area (Å²) in [7, 11) is -2.66. The molecule has 0 spiro atoms. The molecule has 33 heavy (non-hydrogen) atoms. The summed E-state index contributed by atoms with van der Waals surface area (Å²) >= 11 is 5.84. The maximum atomic E-state index is 12.9. The van der Waals surface area contributed by atoms with Crippen LogP contribution < -0.4 is 19.5 Å². The van der Waals surface area contributed by atoms with Gasteiger partial charge >= 0.3 is 0 Å². The minimum absolute atomic E-state index is 0.114. The molecule has 2 N–H and O–H groups in total. The molecule has 0 aromatic heterocycles. The highest BCUT2D eigenvalue weighted by atomic mass is 35.5. The number of hydrogen-bond donors (Lipinski definition) is 2. The van der Waals surface area contributed by atoms with Gasteiger partial charge in [-0.3, -0.25) is 9.52 Å². The second-order valence-corrected chi connectivity index (χ2v) is 8.88. The first-order chi connectivity index (χ1) is 15.8. The number of benzene rings is 3. The van der Waals surface area contributed by atoms with Crippen LogP contribution in [-0.2, 0) is 21.2 Å². The van der Waals surface area contributed by atoms with Gasteiger partial charge in [0, 0.05) is 16.4 Å². The first-order valence-electron chi connectivity index (χ1n) is 9.65. The van der Waals surface area contributed by atoms with Gasteiger partial charge in [-0.15, -0.1) is 0 Å². The van der Waals surface area contributed by atoms with Gasteiger partial charge in [-0.25, -0.2) is 8.42 Å². The predicted octanol–water partition coefficient (Wildman–Crippen LogP) is 4.23. The number of halogens is 1. The topological polar surface area (TPSA) is 118 Å². The Labute approximate surface area is 196 Å². The molecule has 0 aliphatic rings. The smallest absolute Gasteiger partial charge is 0.265 e. The summed E-state index contributed by atoms with van der Waals surface area (Å²) in [6.07, 6.45) is 0.288. The lowest BCUT2D eigenvalue weighted by Crippen LogP contribution is -2.21. The van der Waals surface area contributed by atoms with Crippen LogP contribution in [-0.4, -0.2) is 28.0 Å². The molecule has 10 heteroatoms. The second kappa shape index (κ2) is 10.7. The molecular formula is C23H20ClN3O5S. The van der Waals surface area contributed by atoms with Crippen molar-refractivity contribution < 1.29 is 22.7 Å². The lowest BCUT2D eigenvalue weighted by Gasteiger charge is -2.14. The molecule has 1 amide bonds. The van der Waals surface area contributed by atoms with Gasteiger partial charge in [0.25, 0.3) is 15.9 Å². The van der Waals surface area contributed by atoms with Crippen molar-refractivity contribution in [3.05, 3.63) is 77.3 Å².